The van der Waals surface area contributed by atoms with Crippen molar-refractivity contribution >= 4 is 11.6 Å². The van der Waals surface area contributed by atoms with Crippen LogP contribution >= 0.6 is 0 Å². The predicted molar refractivity (Wildman–Crippen MR) is 72.7 cm³/mol. The molecule has 0 radical (unpaired) electrons. The summed E-state index contributed by atoms with van der Waals surface area (Å²) in [7, 11) is 0. The van der Waals surface area contributed by atoms with Crippen molar-refractivity contribution in [1.82, 2.24) is 0 Å². The van der Waals surface area contributed by atoms with Crippen LogP contribution in [0.2, 0.25) is 0 Å². The van der Waals surface area contributed by atoms with Gasteiger partial charge in [0.05, 0.1) is 0 Å². The first kappa shape index (κ1) is 13.1. The van der Waals surface area contributed by atoms with Crippen LogP contribution in [-0.2, 0) is 9.53 Å². The van der Waals surface area contributed by atoms with Crippen LogP contribution in [0.4, 0.5) is 5.69 Å². The third kappa shape index (κ3) is 3.10. The Kier molecular flexibility index (Phi) is 4.37. The average molecular weight is 247 g/mol. The van der Waals surface area contributed by atoms with Crippen molar-refractivity contribution in [2.24, 2.45) is 5.92 Å². The minimum absolute atomic E-state index is 0.217. The lowest BCUT2D eigenvalue weighted by Gasteiger charge is -2.31. The predicted octanol–water partition coefficient (Wildman–Crippen LogP) is 2.77. The molecule has 98 valence electrons. The molecule has 1 saturated heterocycles. The highest BCUT2D eigenvalue weighted by atomic mass is 16.5. The first-order valence-corrected chi connectivity index (χ1v) is 6.65. The minimum atomic E-state index is 0.217. The Morgan fingerprint density at radius 1 is 1.33 bits per heavy atom. The van der Waals surface area contributed by atoms with E-state index in [4.69, 9.17) is 4.74 Å². The van der Waals surface area contributed by atoms with Crippen LogP contribution < -0.4 is 4.90 Å². The number of piperidine rings is 1. The molecule has 18 heavy (non-hydrogen) atoms. The molecule has 3 nitrogen and oxygen atoms in total. The van der Waals surface area contributed by atoms with Gasteiger partial charge in [-0.15, -0.1) is 0 Å². The summed E-state index contributed by atoms with van der Waals surface area (Å²) in [5.41, 5.74) is 2.23. The number of hydrogen-bond donors (Lipinski definition) is 0. The molecule has 0 spiro atoms. The Balaban J connectivity index is 1.97. The molecule has 2 rings (SSSR count). The lowest BCUT2D eigenvalue weighted by molar-refractivity contribution is -0.121. The van der Waals surface area contributed by atoms with Crippen molar-refractivity contribution in [3.8, 4) is 0 Å². The number of carbonyl (C=O) groups is 1. The summed E-state index contributed by atoms with van der Waals surface area (Å²) in [5, 5.41) is 0. The van der Waals surface area contributed by atoms with Crippen molar-refractivity contribution in [3.05, 3.63) is 29.8 Å². The zero-order chi connectivity index (χ0) is 13.0. The lowest BCUT2D eigenvalue weighted by atomic mass is 9.96. The van der Waals surface area contributed by atoms with Crippen molar-refractivity contribution in [2.45, 2.75) is 26.7 Å². The summed E-state index contributed by atoms with van der Waals surface area (Å²) in [5.74, 6) is 0.606. The Morgan fingerprint density at radius 3 is 2.67 bits per heavy atom. The van der Waals surface area contributed by atoms with E-state index in [1.165, 1.54) is 5.56 Å². The molecule has 0 aliphatic carbocycles. The third-order valence-corrected chi connectivity index (χ3v) is 3.43. The van der Waals surface area contributed by atoms with Gasteiger partial charge in [-0.2, -0.15) is 0 Å². The first-order valence-electron chi connectivity index (χ1n) is 6.65. The fourth-order valence-corrected chi connectivity index (χ4v) is 2.32. The summed E-state index contributed by atoms with van der Waals surface area (Å²) in [4.78, 5) is 14.0. The maximum absolute atomic E-state index is 12.1. The number of rotatable bonds is 4. The number of aryl methyl sites for hydroxylation is 1. The molecule has 1 unspecified atom stereocenters. The van der Waals surface area contributed by atoms with Gasteiger partial charge in [0.25, 0.3) is 0 Å². The van der Waals surface area contributed by atoms with Gasteiger partial charge in [0.15, 0.2) is 0 Å². The molecule has 1 fully saturated rings. The quantitative estimate of drug-likeness (QED) is 0.818. The van der Waals surface area contributed by atoms with Gasteiger partial charge in [-0.3, -0.25) is 4.79 Å². The topological polar surface area (TPSA) is 29.5 Å². The maximum atomic E-state index is 12.1. The van der Waals surface area contributed by atoms with Gasteiger partial charge in [-0.05, 0) is 38.3 Å². The van der Waals surface area contributed by atoms with Crippen LogP contribution in [0.5, 0.6) is 0 Å². The summed E-state index contributed by atoms with van der Waals surface area (Å²) >= 11 is 0. The molecule has 3 heteroatoms. The number of ether oxygens (including phenoxy) is 1. The van der Waals surface area contributed by atoms with Crippen molar-refractivity contribution < 1.29 is 9.53 Å². The van der Waals surface area contributed by atoms with Gasteiger partial charge in [-0.1, -0.05) is 17.7 Å². The summed E-state index contributed by atoms with van der Waals surface area (Å²) in [6.45, 7) is 6.29. The molecule has 0 aromatic heterocycles. The van der Waals surface area contributed by atoms with E-state index in [0.717, 1.165) is 25.3 Å². The van der Waals surface area contributed by atoms with Crippen LogP contribution in [0.15, 0.2) is 24.3 Å². The standard InChI is InChI=1S/C15H21NO2/c1-3-18-11-13-8-9-16(15(17)10-13)14-6-4-12(2)5-7-14/h4-7,13H,3,8-11H2,1-2H3. The highest BCUT2D eigenvalue weighted by Gasteiger charge is 2.26. The van der Waals surface area contributed by atoms with Gasteiger partial charge in [0, 0.05) is 31.9 Å². The molecule has 1 aliphatic rings. The molecule has 1 amide bonds. The van der Waals surface area contributed by atoms with Crippen molar-refractivity contribution in [2.75, 3.05) is 24.7 Å². The summed E-state index contributed by atoms with van der Waals surface area (Å²) in [6, 6.07) is 8.15. The molecule has 1 aromatic rings. The molecule has 1 aromatic carbocycles. The molecule has 0 N–H and O–H groups in total. The normalized spacial score (nSPS) is 20.2. The third-order valence-electron chi connectivity index (χ3n) is 3.43. The zero-order valence-electron chi connectivity index (χ0n) is 11.2. The number of benzene rings is 1. The van der Waals surface area contributed by atoms with E-state index < -0.39 is 0 Å². The maximum Gasteiger partial charge on any atom is 0.227 e. The van der Waals surface area contributed by atoms with E-state index in [-0.39, 0.29) is 5.91 Å². The van der Waals surface area contributed by atoms with Crippen LogP contribution in [0.3, 0.4) is 0 Å². The molecular formula is C15H21NO2. The van der Waals surface area contributed by atoms with E-state index in [1.54, 1.807) is 0 Å². The van der Waals surface area contributed by atoms with E-state index in [9.17, 15) is 4.79 Å². The fourth-order valence-electron chi connectivity index (χ4n) is 2.32. The second-order valence-electron chi connectivity index (χ2n) is 4.90. The van der Waals surface area contributed by atoms with Crippen LogP contribution in [-0.4, -0.2) is 25.7 Å². The van der Waals surface area contributed by atoms with Crippen LogP contribution in [0, 0.1) is 12.8 Å². The highest BCUT2D eigenvalue weighted by molar-refractivity contribution is 5.94. The van der Waals surface area contributed by atoms with Crippen molar-refractivity contribution in [1.29, 1.82) is 0 Å². The SMILES string of the molecule is CCOCC1CCN(c2ccc(C)cc2)C(=O)C1. The fraction of sp³-hybridized carbons (Fsp3) is 0.533. The number of carbonyl (C=O) groups excluding carboxylic acids is 1. The Morgan fingerprint density at radius 2 is 2.06 bits per heavy atom. The second-order valence-corrected chi connectivity index (χ2v) is 4.90. The zero-order valence-corrected chi connectivity index (χ0v) is 11.2. The molecule has 1 aliphatic heterocycles. The number of amides is 1. The Hall–Kier alpha value is -1.35. The molecular weight excluding hydrogens is 226 g/mol. The smallest absolute Gasteiger partial charge is 0.227 e. The molecule has 1 heterocycles. The summed E-state index contributed by atoms with van der Waals surface area (Å²) in [6.07, 6.45) is 1.63. The van der Waals surface area contributed by atoms with E-state index in [2.05, 4.69) is 19.1 Å². The van der Waals surface area contributed by atoms with Gasteiger partial charge >= 0.3 is 0 Å². The monoisotopic (exact) mass is 247 g/mol. The van der Waals surface area contributed by atoms with Crippen LogP contribution in [0.25, 0.3) is 0 Å². The van der Waals surface area contributed by atoms with E-state index in [0.29, 0.717) is 18.9 Å². The van der Waals surface area contributed by atoms with E-state index >= 15 is 0 Å². The lowest BCUT2D eigenvalue weighted by Crippen LogP contribution is -2.40. The Labute approximate surface area is 109 Å². The average Bonchev–Trinajstić information content (AvgIpc) is 2.38. The number of nitrogens with zero attached hydrogens (tertiary/aromatic N) is 1. The first-order chi connectivity index (χ1) is 8.70. The number of anilines is 1. The van der Waals surface area contributed by atoms with Crippen molar-refractivity contribution in [3.63, 3.8) is 0 Å². The summed E-state index contributed by atoms with van der Waals surface area (Å²) < 4.78 is 5.41. The molecule has 0 saturated carbocycles. The minimum Gasteiger partial charge on any atom is -0.381 e. The van der Waals surface area contributed by atoms with E-state index in [1.807, 2.05) is 24.0 Å². The van der Waals surface area contributed by atoms with Gasteiger partial charge in [0.1, 0.15) is 0 Å². The largest absolute Gasteiger partial charge is 0.381 e. The molecule has 0 bridgehead atoms. The number of hydrogen-bond acceptors (Lipinski definition) is 2. The van der Waals surface area contributed by atoms with Crippen LogP contribution in [0.1, 0.15) is 25.3 Å². The van der Waals surface area contributed by atoms with Gasteiger partial charge in [-0.25, -0.2) is 0 Å². The highest BCUT2D eigenvalue weighted by Crippen LogP contribution is 2.24. The van der Waals surface area contributed by atoms with Gasteiger partial charge < -0.3 is 9.64 Å². The Bertz CT molecular complexity index is 399. The molecule has 1 atom stereocenters. The second kappa shape index (κ2) is 6.01. The van der Waals surface area contributed by atoms with Gasteiger partial charge in [0.2, 0.25) is 5.91 Å².